The van der Waals surface area contributed by atoms with Crippen LogP contribution in [0.2, 0.25) is 0 Å². The summed E-state index contributed by atoms with van der Waals surface area (Å²) in [6.07, 6.45) is 5.04. The van der Waals surface area contributed by atoms with Crippen LogP contribution < -0.4 is 4.90 Å². The van der Waals surface area contributed by atoms with Crippen molar-refractivity contribution in [1.29, 1.82) is 0 Å². The Morgan fingerprint density at radius 2 is 1.75 bits per heavy atom. The predicted octanol–water partition coefficient (Wildman–Crippen LogP) is 5.31. The summed E-state index contributed by atoms with van der Waals surface area (Å²) in [4.78, 5) is 15.2. The van der Waals surface area contributed by atoms with Crippen LogP contribution >= 0.6 is 15.9 Å². The van der Waals surface area contributed by atoms with Gasteiger partial charge in [-0.2, -0.15) is 0 Å². The highest BCUT2D eigenvalue weighted by Crippen LogP contribution is 2.42. The van der Waals surface area contributed by atoms with Gasteiger partial charge in [-0.3, -0.25) is 4.79 Å². The van der Waals surface area contributed by atoms with Gasteiger partial charge in [-0.1, -0.05) is 46.6 Å². The number of anilines is 1. The third-order valence-corrected chi connectivity index (χ3v) is 6.00. The molecule has 0 aromatic heterocycles. The molecule has 4 rings (SSSR count). The number of carbonyl (C=O) groups excluding carboxylic acids is 1. The van der Waals surface area contributed by atoms with Crippen molar-refractivity contribution in [2.75, 3.05) is 11.4 Å². The lowest BCUT2D eigenvalue weighted by molar-refractivity contribution is -0.125. The number of nitrogens with zero attached hydrogens (tertiary/aromatic N) is 1. The third-order valence-electron chi connectivity index (χ3n) is 5.47. The van der Waals surface area contributed by atoms with Crippen molar-refractivity contribution < 1.29 is 4.79 Å². The minimum absolute atomic E-state index is 0.129. The number of Topliss-reactive ketones (excluding diaryl/α,β-unsaturated/α-hetero) is 1. The van der Waals surface area contributed by atoms with E-state index in [4.69, 9.17) is 0 Å². The van der Waals surface area contributed by atoms with Gasteiger partial charge in [-0.25, -0.2) is 0 Å². The molecule has 0 bridgehead atoms. The number of hydrogen-bond donors (Lipinski definition) is 0. The summed E-state index contributed by atoms with van der Waals surface area (Å²) in [6, 6.07) is 17.4. The lowest BCUT2D eigenvalue weighted by Gasteiger charge is -2.43. The molecule has 0 unspecified atom stereocenters. The molecule has 0 amide bonds. The quantitative estimate of drug-likeness (QED) is 0.699. The maximum Gasteiger partial charge on any atom is 0.138 e. The highest BCUT2D eigenvalue weighted by atomic mass is 79.9. The first-order valence-electron chi connectivity index (χ1n) is 8.87. The van der Waals surface area contributed by atoms with Crippen LogP contribution in [0.1, 0.15) is 42.9 Å². The van der Waals surface area contributed by atoms with Gasteiger partial charge in [0.1, 0.15) is 5.78 Å². The summed E-state index contributed by atoms with van der Waals surface area (Å²) in [5, 5.41) is 0. The van der Waals surface area contributed by atoms with Crippen molar-refractivity contribution in [2.45, 2.75) is 38.1 Å². The normalized spacial score (nSPS) is 23.9. The summed E-state index contributed by atoms with van der Waals surface area (Å²) < 4.78 is 1.09. The molecule has 3 heteroatoms. The average molecular weight is 384 g/mol. The summed E-state index contributed by atoms with van der Waals surface area (Å²) in [6.45, 7) is 0.979. The zero-order valence-corrected chi connectivity index (χ0v) is 15.3. The van der Waals surface area contributed by atoms with Crippen LogP contribution in [0.25, 0.3) is 0 Å². The van der Waals surface area contributed by atoms with Crippen LogP contribution in [-0.4, -0.2) is 12.3 Å². The molecular formula is C21H22BrNO. The Kier molecular flexibility index (Phi) is 4.45. The maximum absolute atomic E-state index is 12.7. The molecule has 1 fully saturated rings. The molecule has 0 radical (unpaired) electrons. The maximum atomic E-state index is 12.7. The number of benzene rings is 2. The predicted molar refractivity (Wildman–Crippen MR) is 101 cm³/mol. The topological polar surface area (TPSA) is 20.3 Å². The molecule has 1 aliphatic heterocycles. The lowest BCUT2D eigenvalue weighted by Crippen LogP contribution is -2.42. The second-order valence-electron chi connectivity index (χ2n) is 6.88. The fourth-order valence-electron chi connectivity index (χ4n) is 4.30. The standard InChI is InChI=1S/C21H22BrNO/c22-16-9-11-17(12-10-16)23-14-13-15-5-1-2-6-18(15)21(23)19-7-3-4-8-20(19)24/h1-2,5-6,9-12,19,21H,3-4,7-8,13-14H2/t19-,21-/m1/s1. The monoisotopic (exact) mass is 383 g/mol. The van der Waals surface area contributed by atoms with E-state index in [-0.39, 0.29) is 12.0 Å². The van der Waals surface area contributed by atoms with Gasteiger partial charge in [0.25, 0.3) is 0 Å². The van der Waals surface area contributed by atoms with Crippen LogP contribution in [0, 0.1) is 5.92 Å². The van der Waals surface area contributed by atoms with Gasteiger partial charge in [0.2, 0.25) is 0 Å². The Morgan fingerprint density at radius 3 is 2.54 bits per heavy atom. The molecule has 1 heterocycles. The van der Waals surface area contributed by atoms with E-state index < -0.39 is 0 Å². The van der Waals surface area contributed by atoms with Gasteiger partial charge in [0, 0.05) is 29.0 Å². The van der Waals surface area contributed by atoms with Crippen LogP contribution in [0.3, 0.4) is 0 Å². The summed E-state index contributed by atoms with van der Waals surface area (Å²) in [5.41, 5.74) is 3.98. The van der Waals surface area contributed by atoms with Gasteiger partial charge < -0.3 is 4.90 Å². The molecule has 124 valence electrons. The van der Waals surface area contributed by atoms with Gasteiger partial charge in [-0.15, -0.1) is 0 Å². The SMILES string of the molecule is O=C1CCCC[C@H]1[C@H]1c2ccccc2CCN1c1ccc(Br)cc1. The summed E-state index contributed by atoms with van der Waals surface area (Å²) >= 11 is 3.52. The second kappa shape index (κ2) is 6.72. The van der Waals surface area contributed by atoms with Crippen molar-refractivity contribution in [3.8, 4) is 0 Å². The first-order chi connectivity index (χ1) is 11.7. The first kappa shape index (κ1) is 15.9. The van der Waals surface area contributed by atoms with E-state index in [1.54, 1.807) is 0 Å². The minimum atomic E-state index is 0.129. The largest absolute Gasteiger partial charge is 0.363 e. The first-order valence-corrected chi connectivity index (χ1v) is 9.66. The molecule has 0 N–H and O–H groups in total. The zero-order chi connectivity index (χ0) is 16.5. The fourth-order valence-corrected chi connectivity index (χ4v) is 4.56. The molecule has 2 nitrogen and oxygen atoms in total. The van der Waals surface area contributed by atoms with Crippen molar-refractivity contribution in [3.63, 3.8) is 0 Å². The minimum Gasteiger partial charge on any atom is -0.363 e. The Morgan fingerprint density at radius 1 is 0.958 bits per heavy atom. The number of rotatable bonds is 2. The van der Waals surface area contributed by atoms with Crippen LogP contribution in [0.4, 0.5) is 5.69 Å². The lowest BCUT2D eigenvalue weighted by atomic mass is 9.76. The third kappa shape index (κ3) is 2.90. The number of carbonyl (C=O) groups is 1. The van der Waals surface area contributed by atoms with Gasteiger partial charge >= 0.3 is 0 Å². The number of halogens is 1. The van der Waals surface area contributed by atoms with E-state index in [1.165, 1.54) is 23.2 Å². The molecule has 1 aliphatic carbocycles. The van der Waals surface area contributed by atoms with E-state index >= 15 is 0 Å². The van der Waals surface area contributed by atoms with E-state index in [0.717, 1.165) is 36.7 Å². The molecule has 0 spiro atoms. The molecular weight excluding hydrogens is 362 g/mol. The van der Waals surface area contributed by atoms with Gasteiger partial charge in [-0.05, 0) is 54.7 Å². The Balaban J connectivity index is 1.77. The Hall–Kier alpha value is -1.61. The van der Waals surface area contributed by atoms with Crippen molar-refractivity contribution in [1.82, 2.24) is 0 Å². The van der Waals surface area contributed by atoms with E-state index in [0.29, 0.717) is 5.78 Å². The Bertz CT molecular complexity index is 740. The molecule has 2 atom stereocenters. The van der Waals surface area contributed by atoms with E-state index in [1.807, 2.05) is 0 Å². The smallest absolute Gasteiger partial charge is 0.138 e. The van der Waals surface area contributed by atoms with Crippen molar-refractivity contribution in [3.05, 3.63) is 64.1 Å². The molecule has 2 aliphatic rings. The molecule has 24 heavy (non-hydrogen) atoms. The number of hydrogen-bond acceptors (Lipinski definition) is 2. The van der Waals surface area contributed by atoms with Gasteiger partial charge in [0.05, 0.1) is 6.04 Å². The summed E-state index contributed by atoms with van der Waals surface area (Å²) in [7, 11) is 0. The fraction of sp³-hybridized carbons (Fsp3) is 0.381. The molecule has 1 saturated carbocycles. The number of fused-ring (bicyclic) bond motifs is 1. The van der Waals surface area contributed by atoms with E-state index in [9.17, 15) is 4.79 Å². The molecule has 2 aromatic rings. The Labute approximate surface area is 152 Å². The van der Waals surface area contributed by atoms with Crippen molar-refractivity contribution in [2.24, 2.45) is 5.92 Å². The zero-order valence-electron chi connectivity index (χ0n) is 13.7. The summed E-state index contributed by atoms with van der Waals surface area (Å²) in [5.74, 6) is 0.578. The van der Waals surface area contributed by atoms with E-state index in [2.05, 4.69) is 69.4 Å². The number of ketones is 1. The molecule has 0 saturated heterocycles. The van der Waals surface area contributed by atoms with Crippen molar-refractivity contribution >= 4 is 27.4 Å². The average Bonchev–Trinajstić information content (AvgIpc) is 2.62. The van der Waals surface area contributed by atoms with Crippen LogP contribution in [-0.2, 0) is 11.2 Å². The molecule has 2 aromatic carbocycles. The highest BCUT2D eigenvalue weighted by molar-refractivity contribution is 9.10. The van der Waals surface area contributed by atoms with Gasteiger partial charge in [0.15, 0.2) is 0 Å². The van der Waals surface area contributed by atoms with Crippen LogP contribution in [0.15, 0.2) is 53.0 Å². The second-order valence-corrected chi connectivity index (χ2v) is 7.80. The highest BCUT2D eigenvalue weighted by Gasteiger charge is 2.38. The van der Waals surface area contributed by atoms with Crippen LogP contribution in [0.5, 0.6) is 0 Å².